The Morgan fingerprint density at radius 1 is 1.30 bits per heavy atom. The van der Waals surface area contributed by atoms with Gasteiger partial charge in [-0.3, -0.25) is 4.98 Å². The molecule has 4 heteroatoms. The zero-order valence-electron chi connectivity index (χ0n) is 11.0. The van der Waals surface area contributed by atoms with Gasteiger partial charge in [-0.05, 0) is 17.7 Å². The number of para-hydroxylation sites is 1. The van der Waals surface area contributed by atoms with E-state index in [2.05, 4.69) is 11.1 Å². The van der Waals surface area contributed by atoms with E-state index in [0.29, 0.717) is 5.56 Å². The van der Waals surface area contributed by atoms with Gasteiger partial charge in [-0.15, -0.1) is 0 Å². The Bertz CT molecular complexity index is 827. The first-order chi connectivity index (χ1) is 9.76. The van der Waals surface area contributed by atoms with Gasteiger partial charge in [-0.1, -0.05) is 18.2 Å². The van der Waals surface area contributed by atoms with Crippen molar-refractivity contribution in [1.82, 2.24) is 9.55 Å². The van der Waals surface area contributed by atoms with Gasteiger partial charge in [-0.25, -0.2) is 0 Å². The minimum Gasteiger partial charge on any atom is -0.392 e. The van der Waals surface area contributed by atoms with Gasteiger partial charge < -0.3 is 9.67 Å². The van der Waals surface area contributed by atoms with Crippen molar-refractivity contribution < 1.29 is 5.11 Å². The van der Waals surface area contributed by atoms with E-state index in [4.69, 9.17) is 0 Å². The van der Waals surface area contributed by atoms with Gasteiger partial charge >= 0.3 is 0 Å². The number of aliphatic hydroxyl groups is 1. The van der Waals surface area contributed by atoms with Crippen molar-refractivity contribution in [2.24, 2.45) is 7.05 Å². The summed E-state index contributed by atoms with van der Waals surface area (Å²) >= 11 is 0. The predicted octanol–water partition coefficient (Wildman–Crippen LogP) is 2.60. The molecule has 1 N–H and O–H groups in total. The van der Waals surface area contributed by atoms with Crippen LogP contribution in [0, 0.1) is 11.3 Å². The number of nitriles is 1. The van der Waals surface area contributed by atoms with Crippen LogP contribution >= 0.6 is 0 Å². The van der Waals surface area contributed by atoms with E-state index in [-0.39, 0.29) is 6.61 Å². The molecule has 0 saturated carbocycles. The molecule has 0 bridgehead atoms. The maximum Gasteiger partial charge on any atom is 0.102 e. The second kappa shape index (κ2) is 4.80. The maximum atomic E-state index is 9.48. The highest BCUT2D eigenvalue weighted by atomic mass is 16.3. The lowest BCUT2D eigenvalue weighted by Gasteiger charge is -2.06. The summed E-state index contributed by atoms with van der Waals surface area (Å²) in [6.45, 7) is -0.0628. The molecule has 0 spiro atoms. The molecule has 0 aliphatic carbocycles. The lowest BCUT2D eigenvalue weighted by Crippen LogP contribution is -1.95. The number of aromatic nitrogens is 2. The fourth-order valence-corrected chi connectivity index (χ4v) is 2.55. The monoisotopic (exact) mass is 263 g/mol. The molecule has 4 nitrogen and oxygen atoms in total. The van der Waals surface area contributed by atoms with Crippen molar-refractivity contribution in [1.29, 1.82) is 5.26 Å². The summed E-state index contributed by atoms with van der Waals surface area (Å²) in [4.78, 5) is 4.14. The summed E-state index contributed by atoms with van der Waals surface area (Å²) in [7, 11) is 1.93. The first-order valence-corrected chi connectivity index (χ1v) is 6.29. The topological polar surface area (TPSA) is 61.8 Å². The highest BCUT2D eigenvalue weighted by Crippen LogP contribution is 2.32. The van der Waals surface area contributed by atoms with Crippen LogP contribution in [0.5, 0.6) is 0 Å². The summed E-state index contributed by atoms with van der Waals surface area (Å²) in [6, 6.07) is 12.0. The third-order valence-electron chi connectivity index (χ3n) is 3.47. The summed E-state index contributed by atoms with van der Waals surface area (Å²) in [5, 5.41) is 19.6. The second-order valence-corrected chi connectivity index (χ2v) is 4.65. The number of aliphatic hydroxyl groups excluding tert-OH is 1. The van der Waals surface area contributed by atoms with Crippen LogP contribution in [0.15, 0.2) is 42.7 Å². The van der Waals surface area contributed by atoms with E-state index in [0.717, 1.165) is 27.7 Å². The third kappa shape index (κ3) is 1.77. The smallest absolute Gasteiger partial charge is 0.102 e. The van der Waals surface area contributed by atoms with E-state index in [9.17, 15) is 10.4 Å². The average Bonchev–Trinajstić information content (AvgIpc) is 2.80. The summed E-state index contributed by atoms with van der Waals surface area (Å²) in [5.41, 5.74) is 4.05. The van der Waals surface area contributed by atoms with Crippen molar-refractivity contribution in [3.05, 3.63) is 53.9 Å². The molecule has 0 atom stereocenters. The molecule has 0 radical (unpaired) electrons. The van der Waals surface area contributed by atoms with Gasteiger partial charge in [0.05, 0.1) is 17.9 Å². The van der Waals surface area contributed by atoms with Gasteiger partial charge in [0.25, 0.3) is 0 Å². The summed E-state index contributed by atoms with van der Waals surface area (Å²) < 4.78 is 1.99. The van der Waals surface area contributed by atoms with E-state index >= 15 is 0 Å². The molecule has 0 unspecified atom stereocenters. The van der Waals surface area contributed by atoms with Gasteiger partial charge in [0.15, 0.2) is 0 Å². The van der Waals surface area contributed by atoms with E-state index in [1.165, 1.54) is 0 Å². The molecule has 1 aromatic carbocycles. The highest BCUT2D eigenvalue weighted by molar-refractivity contribution is 5.94. The second-order valence-electron chi connectivity index (χ2n) is 4.65. The lowest BCUT2D eigenvalue weighted by atomic mass is 10.1. The number of nitrogens with zero attached hydrogens (tertiary/aromatic N) is 3. The van der Waals surface area contributed by atoms with Crippen LogP contribution in [0.2, 0.25) is 0 Å². The van der Waals surface area contributed by atoms with Gasteiger partial charge in [-0.2, -0.15) is 5.26 Å². The van der Waals surface area contributed by atoms with E-state index < -0.39 is 0 Å². The van der Waals surface area contributed by atoms with Crippen molar-refractivity contribution in [3.63, 3.8) is 0 Å². The van der Waals surface area contributed by atoms with E-state index in [1.54, 1.807) is 12.4 Å². The number of rotatable bonds is 2. The summed E-state index contributed by atoms with van der Waals surface area (Å²) in [5.74, 6) is 0. The van der Waals surface area contributed by atoms with Crippen LogP contribution in [0.4, 0.5) is 0 Å². The molecule has 0 aliphatic rings. The van der Waals surface area contributed by atoms with Gasteiger partial charge in [0, 0.05) is 35.9 Å². The largest absolute Gasteiger partial charge is 0.392 e. The Labute approximate surface area is 116 Å². The van der Waals surface area contributed by atoms with Crippen molar-refractivity contribution >= 4 is 10.9 Å². The molecular weight excluding hydrogens is 250 g/mol. The van der Waals surface area contributed by atoms with Crippen LogP contribution < -0.4 is 0 Å². The lowest BCUT2D eigenvalue weighted by molar-refractivity contribution is 0.281. The first-order valence-electron chi connectivity index (χ1n) is 6.29. The number of pyridine rings is 1. The standard InChI is InChI=1S/C16H13N3O/c1-19-15-5-3-2-4-13(15)14(7-17)16(19)12-6-11(10-20)8-18-9-12/h2-6,8-9,20H,10H2,1H3. The SMILES string of the molecule is Cn1c(-c2cncc(CO)c2)c(C#N)c2ccccc21. The zero-order chi connectivity index (χ0) is 14.1. The molecule has 3 aromatic rings. The number of fused-ring (bicyclic) bond motifs is 1. The Balaban J connectivity index is 2.36. The Morgan fingerprint density at radius 2 is 2.10 bits per heavy atom. The number of benzene rings is 1. The third-order valence-corrected chi connectivity index (χ3v) is 3.47. The maximum absolute atomic E-state index is 9.48. The molecule has 98 valence electrons. The average molecular weight is 263 g/mol. The zero-order valence-corrected chi connectivity index (χ0v) is 11.0. The normalized spacial score (nSPS) is 10.7. The highest BCUT2D eigenvalue weighted by Gasteiger charge is 2.16. The molecule has 0 fully saturated rings. The van der Waals surface area contributed by atoms with Crippen LogP contribution in [0.3, 0.4) is 0 Å². The fourth-order valence-electron chi connectivity index (χ4n) is 2.55. The van der Waals surface area contributed by atoms with Crippen LogP contribution in [0.1, 0.15) is 11.1 Å². The number of hydrogen-bond donors (Lipinski definition) is 1. The van der Waals surface area contributed by atoms with E-state index in [1.807, 2.05) is 41.9 Å². The fraction of sp³-hybridized carbons (Fsp3) is 0.125. The molecule has 2 heterocycles. The predicted molar refractivity (Wildman–Crippen MR) is 76.8 cm³/mol. The molecule has 3 rings (SSSR count). The molecule has 0 aliphatic heterocycles. The Morgan fingerprint density at radius 3 is 2.85 bits per heavy atom. The minimum absolute atomic E-state index is 0.0628. The molecule has 0 amide bonds. The Kier molecular flexibility index (Phi) is 2.97. The van der Waals surface area contributed by atoms with Crippen molar-refractivity contribution in [2.45, 2.75) is 6.61 Å². The van der Waals surface area contributed by atoms with Crippen LogP contribution in [-0.2, 0) is 13.7 Å². The molecule has 0 saturated heterocycles. The van der Waals surface area contributed by atoms with Crippen LogP contribution in [-0.4, -0.2) is 14.7 Å². The quantitative estimate of drug-likeness (QED) is 0.773. The first kappa shape index (κ1) is 12.4. The number of hydrogen-bond acceptors (Lipinski definition) is 3. The Hall–Kier alpha value is -2.64. The van der Waals surface area contributed by atoms with Crippen LogP contribution in [0.25, 0.3) is 22.2 Å². The number of aryl methyl sites for hydroxylation is 1. The molecule has 20 heavy (non-hydrogen) atoms. The van der Waals surface area contributed by atoms with Gasteiger partial charge in [0.1, 0.15) is 6.07 Å². The minimum atomic E-state index is -0.0628. The van der Waals surface area contributed by atoms with Gasteiger partial charge in [0.2, 0.25) is 0 Å². The molecular formula is C16H13N3O. The van der Waals surface area contributed by atoms with Crippen molar-refractivity contribution in [3.8, 4) is 17.3 Å². The van der Waals surface area contributed by atoms with Crippen molar-refractivity contribution in [2.75, 3.05) is 0 Å². The summed E-state index contributed by atoms with van der Waals surface area (Å²) in [6.07, 6.45) is 3.34. The molecule has 2 aromatic heterocycles.